The number of hydrogen-bond acceptors (Lipinski definition) is 2. The lowest BCUT2D eigenvalue weighted by Crippen LogP contribution is -2.22. The summed E-state index contributed by atoms with van der Waals surface area (Å²) in [5, 5.41) is 3.56. The minimum Gasteiger partial charge on any atom is -0.355 e. The Bertz CT molecular complexity index is 373. The highest BCUT2D eigenvalue weighted by Gasteiger charge is 2.22. The number of aryl methyl sites for hydroxylation is 1. The summed E-state index contributed by atoms with van der Waals surface area (Å²) < 4.78 is 2.39. The van der Waals surface area contributed by atoms with Crippen molar-refractivity contribution in [2.45, 2.75) is 57.9 Å². The zero-order chi connectivity index (χ0) is 11.7. The molecule has 1 aromatic heterocycles. The fourth-order valence-electron chi connectivity index (χ4n) is 3.04. The van der Waals surface area contributed by atoms with Gasteiger partial charge in [-0.1, -0.05) is 19.3 Å². The number of nitrogens with one attached hydrogen (secondary N) is 1. The predicted molar refractivity (Wildman–Crippen MR) is 70.3 cm³/mol. The lowest BCUT2D eigenvalue weighted by molar-refractivity contribution is 0.332. The molecule has 2 aliphatic rings. The lowest BCUT2D eigenvalue weighted by Gasteiger charge is -2.26. The number of anilines is 1. The molecule has 1 N–H and O–H groups in total. The first-order valence-corrected chi connectivity index (χ1v) is 7.12. The van der Waals surface area contributed by atoms with Crippen LogP contribution in [-0.4, -0.2) is 16.1 Å². The van der Waals surface area contributed by atoms with Crippen LogP contribution in [0.5, 0.6) is 0 Å². The van der Waals surface area contributed by atoms with Gasteiger partial charge in [-0.2, -0.15) is 0 Å². The van der Waals surface area contributed by atoms with Gasteiger partial charge >= 0.3 is 0 Å². The molecule has 0 amide bonds. The maximum Gasteiger partial charge on any atom is 0.203 e. The molecule has 1 aromatic rings. The van der Waals surface area contributed by atoms with Crippen molar-refractivity contribution >= 4 is 5.95 Å². The number of nitrogens with zero attached hydrogens (tertiary/aromatic N) is 2. The summed E-state index contributed by atoms with van der Waals surface area (Å²) in [6.07, 6.45) is 11.9. The zero-order valence-electron chi connectivity index (χ0n) is 10.8. The molecule has 2 aliphatic carbocycles. The fraction of sp³-hybridized carbons (Fsp3) is 0.786. The molecule has 3 nitrogen and oxygen atoms in total. The quantitative estimate of drug-likeness (QED) is 0.862. The van der Waals surface area contributed by atoms with E-state index in [9.17, 15) is 0 Å². The summed E-state index contributed by atoms with van der Waals surface area (Å²) in [6, 6.07) is 0.695. The number of hydrogen-bond donors (Lipinski definition) is 1. The molecule has 94 valence electrons. The highest BCUT2D eigenvalue weighted by atomic mass is 15.2. The van der Waals surface area contributed by atoms with Gasteiger partial charge < -0.3 is 9.88 Å². The van der Waals surface area contributed by atoms with Crippen LogP contribution in [0.4, 0.5) is 5.95 Å². The second-order valence-electron chi connectivity index (χ2n) is 5.73. The van der Waals surface area contributed by atoms with Gasteiger partial charge in [-0.25, -0.2) is 4.98 Å². The molecule has 2 fully saturated rings. The van der Waals surface area contributed by atoms with E-state index in [1.807, 2.05) is 0 Å². The summed E-state index contributed by atoms with van der Waals surface area (Å²) >= 11 is 0. The standard InChI is InChI=1S/C14H23N3/c1-11-10-17(13-7-2-3-8-13)14(16-11)15-9-12-5-4-6-12/h10,12-13H,2-9H2,1H3,(H,15,16). The fourth-order valence-corrected chi connectivity index (χ4v) is 3.04. The van der Waals surface area contributed by atoms with Crippen LogP contribution in [-0.2, 0) is 0 Å². The second kappa shape index (κ2) is 4.71. The Labute approximate surface area is 104 Å². The van der Waals surface area contributed by atoms with Crippen molar-refractivity contribution in [2.24, 2.45) is 5.92 Å². The Hall–Kier alpha value is -0.990. The Balaban J connectivity index is 1.68. The van der Waals surface area contributed by atoms with Gasteiger partial charge in [-0.15, -0.1) is 0 Å². The molecule has 0 unspecified atom stereocenters. The molecule has 0 atom stereocenters. The van der Waals surface area contributed by atoms with Gasteiger partial charge in [0.05, 0.1) is 5.69 Å². The van der Waals surface area contributed by atoms with Crippen molar-refractivity contribution in [3.63, 3.8) is 0 Å². The molecule has 1 heterocycles. The van der Waals surface area contributed by atoms with E-state index in [2.05, 4.69) is 28.0 Å². The SMILES string of the molecule is Cc1cn(C2CCCC2)c(NCC2CCC2)n1. The molecule has 0 radical (unpaired) electrons. The van der Waals surface area contributed by atoms with E-state index < -0.39 is 0 Å². The highest BCUT2D eigenvalue weighted by Crippen LogP contribution is 2.32. The summed E-state index contributed by atoms with van der Waals surface area (Å²) in [6.45, 7) is 3.21. The van der Waals surface area contributed by atoms with Crippen molar-refractivity contribution in [2.75, 3.05) is 11.9 Å². The van der Waals surface area contributed by atoms with Gasteiger partial charge in [-0.05, 0) is 38.5 Å². The normalized spacial score (nSPS) is 21.7. The van der Waals surface area contributed by atoms with Gasteiger partial charge in [-0.3, -0.25) is 0 Å². The number of aromatic nitrogens is 2. The summed E-state index contributed by atoms with van der Waals surface area (Å²) in [5.74, 6) is 2.00. The third-order valence-corrected chi connectivity index (χ3v) is 4.34. The van der Waals surface area contributed by atoms with Crippen molar-refractivity contribution in [1.82, 2.24) is 9.55 Å². The van der Waals surface area contributed by atoms with Crippen LogP contribution in [0, 0.1) is 12.8 Å². The van der Waals surface area contributed by atoms with E-state index in [4.69, 9.17) is 0 Å². The van der Waals surface area contributed by atoms with Crippen LogP contribution >= 0.6 is 0 Å². The predicted octanol–water partition coefficient (Wildman–Crippen LogP) is 3.52. The van der Waals surface area contributed by atoms with Gasteiger partial charge in [0.2, 0.25) is 5.95 Å². The van der Waals surface area contributed by atoms with Gasteiger partial charge in [0.25, 0.3) is 0 Å². The van der Waals surface area contributed by atoms with E-state index >= 15 is 0 Å². The van der Waals surface area contributed by atoms with Crippen molar-refractivity contribution < 1.29 is 0 Å². The molecular formula is C14H23N3. The molecule has 0 aliphatic heterocycles. The second-order valence-corrected chi connectivity index (χ2v) is 5.73. The third-order valence-electron chi connectivity index (χ3n) is 4.34. The Kier molecular flexibility index (Phi) is 3.08. The van der Waals surface area contributed by atoms with Crippen molar-refractivity contribution in [3.8, 4) is 0 Å². The summed E-state index contributed by atoms with van der Waals surface area (Å²) in [5.41, 5.74) is 1.15. The molecule has 0 spiro atoms. The first-order chi connectivity index (χ1) is 8.33. The van der Waals surface area contributed by atoms with E-state index in [-0.39, 0.29) is 0 Å². The Morgan fingerprint density at radius 3 is 2.65 bits per heavy atom. The Morgan fingerprint density at radius 1 is 1.24 bits per heavy atom. The first kappa shape index (κ1) is 11.1. The van der Waals surface area contributed by atoms with Crippen LogP contribution in [0.1, 0.15) is 56.7 Å². The minimum absolute atomic E-state index is 0.695. The zero-order valence-corrected chi connectivity index (χ0v) is 10.8. The van der Waals surface area contributed by atoms with E-state index in [0.29, 0.717) is 6.04 Å². The molecule has 2 saturated carbocycles. The maximum atomic E-state index is 4.64. The minimum atomic E-state index is 0.695. The number of rotatable bonds is 4. The molecule has 0 aromatic carbocycles. The van der Waals surface area contributed by atoms with Crippen LogP contribution in [0.2, 0.25) is 0 Å². The monoisotopic (exact) mass is 233 g/mol. The summed E-state index contributed by atoms with van der Waals surface area (Å²) in [7, 11) is 0. The Morgan fingerprint density at radius 2 is 2.00 bits per heavy atom. The summed E-state index contributed by atoms with van der Waals surface area (Å²) in [4.78, 5) is 4.64. The maximum absolute atomic E-state index is 4.64. The molecule has 3 rings (SSSR count). The van der Waals surface area contributed by atoms with Crippen LogP contribution < -0.4 is 5.32 Å². The third kappa shape index (κ3) is 2.33. The van der Waals surface area contributed by atoms with E-state index in [0.717, 1.165) is 24.1 Å². The molecule has 0 bridgehead atoms. The van der Waals surface area contributed by atoms with Gasteiger partial charge in [0.15, 0.2) is 0 Å². The van der Waals surface area contributed by atoms with Crippen LogP contribution in [0.15, 0.2) is 6.20 Å². The number of imidazole rings is 1. The van der Waals surface area contributed by atoms with Crippen molar-refractivity contribution in [1.29, 1.82) is 0 Å². The van der Waals surface area contributed by atoms with Crippen LogP contribution in [0.3, 0.4) is 0 Å². The van der Waals surface area contributed by atoms with E-state index in [1.54, 1.807) is 0 Å². The molecular weight excluding hydrogens is 210 g/mol. The van der Waals surface area contributed by atoms with Gasteiger partial charge in [0, 0.05) is 18.8 Å². The molecule has 17 heavy (non-hydrogen) atoms. The lowest BCUT2D eigenvalue weighted by atomic mass is 9.85. The molecule has 0 saturated heterocycles. The van der Waals surface area contributed by atoms with Gasteiger partial charge in [0.1, 0.15) is 0 Å². The van der Waals surface area contributed by atoms with E-state index in [1.165, 1.54) is 44.9 Å². The first-order valence-electron chi connectivity index (χ1n) is 7.12. The largest absolute Gasteiger partial charge is 0.355 e. The average molecular weight is 233 g/mol. The smallest absolute Gasteiger partial charge is 0.203 e. The topological polar surface area (TPSA) is 29.9 Å². The highest BCUT2D eigenvalue weighted by molar-refractivity contribution is 5.30. The molecule has 3 heteroatoms. The van der Waals surface area contributed by atoms with Crippen LogP contribution in [0.25, 0.3) is 0 Å². The average Bonchev–Trinajstić information content (AvgIpc) is 2.84. The van der Waals surface area contributed by atoms with Crippen molar-refractivity contribution in [3.05, 3.63) is 11.9 Å².